The van der Waals surface area contributed by atoms with Crippen molar-refractivity contribution in [3.8, 4) is 0 Å². The standard InChI is InChI=1S/C12H15ClO3S/c1-12(2,14)6-8-7-17(15,16)10-5-3-4-9(13)11(8)10/h3-5,8,14H,6-7H2,1-2H3. The summed E-state index contributed by atoms with van der Waals surface area (Å²) in [7, 11) is -3.25. The van der Waals surface area contributed by atoms with E-state index in [1.54, 1.807) is 32.0 Å². The van der Waals surface area contributed by atoms with Crippen molar-refractivity contribution < 1.29 is 13.5 Å². The highest BCUT2D eigenvalue weighted by Gasteiger charge is 2.38. The zero-order valence-electron chi connectivity index (χ0n) is 9.77. The molecule has 1 unspecified atom stereocenters. The summed E-state index contributed by atoms with van der Waals surface area (Å²) in [6.07, 6.45) is 0.392. The largest absolute Gasteiger partial charge is 0.390 e. The van der Waals surface area contributed by atoms with Gasteiger partial charge in [-0.15, -0.1) is 0 Å². The molecule has 0 bridgehead atoms. The third-order valence-corrected chi connectivity index (χ3v) is 5.12. The van der Waals surface area contributed by atoms with Crippen LogP contribution in [-0.2, 0) is 9.84 Å². The molecule has 1 aromatic rings. The van der Waals surface area contributed by atoms with Crippen molar-refractivity contribution in [3.05, 3.63) is 28.8 Å². The van der Waals surface area contributed by atoms with E-state index in [1.807, 2.05) is 0 Å². The number of fused-ring (bicyclic) bond motifs is 1. The Morgan fingerprint density at radius 2 is 2.12 bits per heavy atom. The Kier molecular flexibility index (Phi) is 3.00. The minimum Gasteiger partial charge on any atom is -0.390 e. The van der Waals surface area contributed by atoms with Gasteiger partial charge in [0.05, 0.1) is 16.2 Å². The van der Waals surface area contributed by atoms with Gasteiger partial charge in [-0.2, -0.15) is 0 Å². The quantitative estimate of drug-likeness (QED) is 0.901. The molecule has 0 fully saturated rings. The second-order valence-corrected chi connectivity index (χ2v) is 7.56. The first kappa shape index (κ1) is 12.9. The Morgan fingerprint density at radius 3 is 2.71 bits per heavy atom. The average molecular weight is 275 g/mol. The van der Waals surface area contributed by atoms with Gasteiger partial charge in [0.2, 0.25) is 0 Å². The molecule has 2 rings (SSSR count). The fourth-order valence-electron chi connectivity index (χ4n) is 2.39. The first-order valence-electron chi connectivity index (χ1n) is 5.44. The van der Waals surface area contributed by atoms with Gasteiger partial charge in [-0.1, -0.05) is 17.7 Å². The second-order valence-electron chi connectivity index (χ2n) is 5.15. The van der Waals surface area contributed by atoms with Crippen molar-refractivity contribution >= 4 is 21.4 Å². The van der Waals surface area contributed by atoms with Crippen LogP contribution in [0.2, 0.25) is 5.02 Å². The summed E-state index contributed by atoms with van der Waals surface area (Å²) in [5, 5.41) is 10.3. The fraction of sp³-hybridized carbons (Fsp3) is 0.500. The molecule has 17 heavy (non-hydrogen) atoms. The van der Waals surface area contributed by atoms with E-state index in [0.29, 0.717) is 21.9 Å². The van der Waals surface area contributed by atoms with Crippen LogP contribution in [0.5, 0.6) is 0 Å². The van der Waals surface area contributed by atoms with E-state index < -0.39 is 15.4 Å². The van der Waals surface area contributed by atoms with Crippen molar-refractivity contribution in [1.82, 2.24) is 0 Å². The molecule has 1 N–H and O–H groups in total. The zero-order valence-corrected chi connectivity index (χ0v) is 11.3. The van der Waals surface area contributed by atoms with Gasteiger partial charge in [0, 0.05) is 10.9 Å². The van der Waals surface area contributed by atoms with Gasteiger partial charge in [-0.3, -0.25) is 0 Å². The van der Waals surface area contributed by atoms with Crippen molar-refractivity contribution in [1.29, 1.82) is 0 Å². The molecule has 1 aromatic carbocycles. The van der Waals surface area contributed by atoms with Gasteiger partial charge in [0.15, 0.2) is 9.84 Å². The number of benzene rings is 1. The highest BCUT2D eigenvalue weighted by molar-refractivity contribution is 7.91. The van der Waals surface area contributed by atoms with Gasteiger partial charge in [0.1, 0.15) is 0 Å². The van der Waals surface area contributed by atoms with E-state index in [-0.39, 0.29) is 11.7 Å². The van der Waals surface area contributed by atoms with E-state index in [1.165, 1.54) is 0 Å². The number of hydrogen-bond acceptors (Lipinski definition) is 3. The van der Waals surface area contributed by atoms with Crippen LogP contribution in [0.15, 0.2) is 23.1 Å². The molecule has 0 spiro atoms. The maximum atomic E-state index is 12.0. The summed E-state index contributed by atoms with van der Waals surface area (Å²) in [6.45, 7) is 3.35. The summed E-state index contributed by atoms with van der Waals surface area (Å²) in [5.74, 6) is -0.181. The summed E-state index contributed by atoms with van der Waals surface area (Å²) in [5.41, 5.74) is -0.239. The highest BCUT2D eigenvalue weighted by atomic mass is 35.5. The minimum atomic E-state index is -3.25. The first-order chi connectivity index (χ1) is 7.71. The Morgan fingerprint density at radius 1 is 1.47 bits per heavy atom. The molecule has 0 radical (unpaired) electrons. The number of rotatable bonds is 2. The van der Waals surface area contributed by atoms with Crippen molar-refractivity contribution in [3.63, 3.8) is 0 Å². The smallest absolute Gasteiger partial charge is 0.179 e. The molecule has 3 nitrogen and oxygen atoms in total. The van der Waals surface area contributed by atoms with E-state index in [4.69, 9.17) is 11.6 Å². The van der Waals surface area contributed by atoms with E-state index in [0.717, 1.165) is 0 Å². The van der Waals surface area contributed by atoms with Crippen molar-refractivity contribution in [2.75, 3.05) is 5.75 Å². The molecule has 1 atom stereocenters. The first-order valence-corrected chi connectivity index (χ1v) is 7.47. The lowest BCUT2D eigenvalue weighted by Crippen LogP contribution is -2.23. The summed E-state index contributed by atoms with van der Waals surface area (Å²) >= 11 is 6.07. The molecular weight excluding hydrogens is 260 g/mol. The number of aliphatic hydroxyl groups is 1. The molecular formula is C12H15ClO3S. The Balaban J connectivity index is 2.51. The van der Waals surface area contributed by atoms with Gasteiger partial charge in [-0.05, 0) is 38.0 Å². The predicted octanol–water partition coefficient (Wildman–Crippen LogP) is 2.37. The molecule has 0 amide bonds. The Hall–Kier alpha value is -0.580. The maximum absolute atomic E-state index is 12.0. The van der Waals surface area contributed by atoms with Crippen LogP contribution in [0.4, 0.5) is 0 Å². The molecule has 5 heteroatoms. The lowest BCUT2D eigenvalue weighted by molar-refractivity contribution is 0.0652. The van der Waals surface area contributed by atoms with Crippen LogP contribution in [0.1, 0.15) is 31.7 Å². The highest BCUT2D eigenvalue weighted by Crippen LogP contribution is 2.42. The predicted molar refractivity (Wildman–Crippen MR) is 67.2 cm³/mol. The third kappa shape index (κ3) is 2.49. The summed E-state index contributed by atoms with van der Waals surface area (Å²) < 4.78 is 23.9. The minimum absolute atomic E-state index is 0.0378. The molecule has 0 aromatic heterocycles. The molecule has 94 valence electrons. The molecule has 0 saturated carbocycles. The van der Waals surface area contributed by atoms with Gasteiger partial charge in [-0.25, -0.2) is 8.42 Å². The zero-order chi connectivity index (χ0) is 12.8. The second kappa shape index (κ2) is 3.97. The Labute approximate surface area is 106 Å². The SMILES string of the molecule is CC(C)(O)CC1CS(=O)(=O)c2cccc(Cl)c21. The number of halogens is 1. The molecule has 1 aliphatic rings. The topological polar surface area (TPSA) is 54.4 Å². The van der Waals surface area contributed by atoms with Crippen LogP contribution in [-0.4, -0.2) is 24.9 Å². The summed E-state index contributed by atoms with van der Waals surface area (Å²) in [6, 6.07) is 4.92. The van der Waals surface area contributed by atoms with Gasteiger partial charge in [0.25, 0.3) is 0 Å². The van der Waals surface area contributed by atoms with Gasteiger partial charge >= 0.3 is 0 Å². The average Bonchev–Trinajstić information content (AvgIpc) is 2.36. The van der Waals surface area contributed by atoms with Crippen LogP contribution >= 0.6 is 11.6 Å². The third-order valence-electron chi connectivity index (χ3n) is 2.92. The Bertz CT molecular complexity index is 543. The van der Waals surface area contributed by atoms with Crippen LogP contribution in [0, 0.1) is 0 Å². The summed E-state index contributed by atoms with van der Waals surface area (Å²) in [4.78, 5) is 0.319. The van der Waals surface area contributed by atoms with E-state index in [9.17, 15) is 13.5 Å². The monoisotopic (exact) mass is 274 g/mol. The van der Waals surface area contributed by atoms with Crippen molar-refractivity contribution in [2.24, 2.45) is 0 Å². The normalized spacial score (nSPS) is 22.5. The fourth-order valence-corrected chi connectivity index (χ4v) is 4.66. The number of sulfone groups is 1. The lowest BCUT2D eigenvalue weighted by atomic mass is 9.89. The lowest BCUT2D eigenvalue weighted by Gasteiger charge is -2.22. The van der Waals surface area contributed by atoms with Gasteiger partial charge < -0.3 is 5.11 Å². The number of hydrogen-bond donors (Lipinski definition) is 1. The van der Waals surface area contributed by atoms with E-state index in [2.05, 4.69) is 0 Å². The molecule has 0 saturated heterocycles. The van der Waals surface area contributed by atoms with Crippen LogP contribution in [0.25, 0.3) is 0 Å². The molecule has 0 aliphatic carbocycles. The van der Waals surface area contributed by atoms with Crippen LogP contribution in [0.3, 0.4) is 0 Å². The van der Waals surface area contributed by atoms with Crippen LogP contribution < -0.4 is 0 Å². The maximum Gasteiger partial charge on any atom is 0.179 e. The van der Waals surface area contributed by atoms with E-state index >= 15 is 0 Å². The molecule has 1 heterocycles. The van der Waals surface area contributed by atoms with Crippen molar-refractivity contribution in [2.45, 2.75) is 36.7 Å². The molecule has 1 aliphatic heterocycles.